The molecule has 0 unspecified atom stereocenters. The van der Waals surface area contributed by atoms with E-state index in [9.17, 15) is 4.79 Å². The van der Waals surface area contributed by atoms with Crippen molar-refractivity contribution in [3.63, 3.8) is 0 Å². The summed E-state index contributed by atoms with van der Waals surface area (Å²) in [5.41, 5.74) is 1.80. The number of thiophene rings is 1. The smallest absolute Gasteiger partial charge is 0.236 e. The number of nitrogens with one attached hydrogen (secondary N) is 1. The lowest BCUT2D eigenvalue weighted by molar-refractivity contribution is -0.115. The Balaban J connectivity index is 1.55. The molecule has 0 aliphatic heterocycles. The second-order valence-corrected chi connectivity index (χ2v) is 7.11. The van der Waals surface area contributed by atoms with Gasteiger partial charge in [-0.2, -0.15) is 5.10 Å². The molecule has 0 atom stereocenters. The largest absolute Gasteiger partial charge is 0.440 e. The van der Waals surface area contributed by atoms with Gasteiger partial charge in [0.25, 0.3) is 0 Å². The molecule has 4 aromatic rings. The molecule has 0 bridgehead atoms. The molecule has 1 N–H and O–H groups in total. The van der Waals surface area contributed by atoms with Gasteiger partial charge in [-0.25, -0.2) is 14.6 Å². The molecule has 0 fully saturated rings. The number of hydrogen-bond acceptors (Lipinski definition) is 6. The molecule has 27 heavy (non-hydrogen) atoms. The van der Waals surface area contributed by atoms with Crippen molar-refractivity contribution >= 4 is 34.5 Å². The van der Waals surface area contributed by atoms with Crippen LogP contribution in [0.25, 0.3) is 16.5 Å². The predicted octanol–water partition coefficient (Wildman–Crippen LogP) is 4.13. The maximum absolute atomic E-state index is 12.6. The van der Waals surface area contributed by atoms with Gasteiger partial charge in [-0.1, -0.05) is 17.7 Å². The summed E-state index contributed by atoms with van der Waals surface area (Å²) in [6, 6.07) is 9.02. The SMILES string of the molecule is Cc1oc(-c2cccs2)nc1CC(=O)Nc1cc(Cl)ccc1-n1cncn1. The molecule has 0 saturated carbocycles. The normalized spacial score (nSPS) is 10.9. The van der Waals surface area contributed by atoms with Crippen molar-refractivity contribution in [1.82, 2.24) is 19.7 Å². The summed E-state index contributed by atoms with van der Waals surface area (Å²) in [5, 5.41) is 9.42. The number of benzene rings is 1. The molecule has 0 radical (unpaired) electrons. The van der Waals surface area contributed by atoms with E-state index in [1.54, 1.807) is 36.1 Å². The highest BCUT2D eigenvalue weighted by Crippen LogP contribution is 2.27. The molecule has 0 aliphatic carbocycles. The lowest BCUT2D eigenvalue weighted by Gasteiger charge is -2.11. The van der Waals surface area contributed by atoms with E-state index in [-0.39, 0.29) is 12.3 Å². The van der Waals surface area contributed by atoms with Gasteiger partial charge in [-0.3, -0.25) is 4.79 Å². The maximum atomic E-state index is 12.6. The topological polar surface area (TPSA) is 85.8 Å². The minimum absolute atomic E-state index is 0.0873. The van der Waals surface area contributed by atoms with Gasteiger partial charge in [0.1, 0.15) is 18.4 Å². The summed E-state index contributed by atoms with van der Waals surface area (Å²) < 4.78 is 7.25. The molecule has 0 aliphatic rings. The van der Waals surface area contributed by atoms with E-state index in [0.29, 0.717) is 33.7 Å². The van der Waals surface area contributed by atoms with Crippen molar-refractivity contribution in [2.75, 3.05) is 5.32 Å². The first-order chi connectivity index (χ1) is 13.1. The zero-order valence-corrected chi connectivity index (χ0v) is 15.8. The number of aromatic nitrogens is 4. The van der Waals surface area contributed by atoms with Crippen molar-refractivity contribution in [3.8, 4) is 16.5 Å². The fourth-order valence-corrected chi connectivity index (χ4v) is 3.41. The van der Waals surface area contributed by atoms with Gasteiger partial charge in [-0.05, 0) is 36.6 Å². The van der Waals surface area contributed by atoms with Crippen LogP contribution in [0.1, 0.15) is 11.5 Å². The zero-order valence-electron chi connectivity index (χ0n) is 14.2. The lowest BCUT2D eigenvalue weighted by atomic mass is 10.2. The van der Waals surface area contributed by atoms with Crippen LogP contribution in [0.5, 0.6) is 0 Å². The Hall–Kier alpha value is -2.97. The van der Waals surface area contributed by atoms with Crippen molar-refractivity contribution in [2.45, 2.75) is 13.3 Å². The maximum Gasteiger partial charge on any atom is 0.236 e. The van der Waals surface area contributed by atoms with Gasteiger partial charge in [0.05, 0.1) is 28.4 Å². The molecule has 1 aromatic carbocycles. The molecule has 3 heterocycles. The van der Waals surface area contributed by atoms with Crippen LogP contribution in [0.15, 0.2) is 52.8 Å². The lowest BCUT2D eigenvalue weighted by Crippen LogP contribution is -2.17. The first-order valence-corrected chi connectivity index (χ1v) is 9.30. The van der Waals surface area contributed by atoms with Crippen LogP contribution in [-0.4, -0.2) is 25.7 Å². The van der Waals surface area contributed by atoms with Crippen LogP contribution in [-0.2, 0) is 11.2 Å². The highest BCUT2D eigenvalue weighted by Gasteiger charge is 2.17. The zero-order chi connectivity index (χ0) is 18.8. The highest BCUT2D eigenvalue weighted by molar-refractivity contribution is 7.13. The number of carbonyl (C=O) groups excluding carboxylic acids is 1. The number of anilines is 1. The van der Waals surface area contributed by atoms with Crippen molar-refractivity contribution in [1.29, 1.82) is 0 Å². The Morgan fingerprint density at radius 2 is 2.26 bits per heavy atom. The Kier molecular flexibility index (Phi) is 4.74. The van der Waals surface area contributed by atoms with E-state index in [1.807, 2.05) is 17.5 Å². The van der Waals surface area contributed by atoms with E-state index in [2.05, 4.69) is 20.4 Å². The summed E-state index contributed by atoms with van der Waals surface area (Å²) in [5.74, 6) is 0.917. The van der Waals surface area contributed by atoms with Gasteiger partial charge < -0.3 is 9.73 Å². The first kappa shape index (κ1) is 17.4. The number of halogens is 1. The van der Waals surface area contributed by atoms with Crippen LogP contribution in [0, 0.1) is 6.92 Å². The number of nitrogens with zero attached hydrogens (tertiary/aromatic N) is 4. The van der Waals surface area contributed by atoms with Crippen molar-refractivity contribution in [3.05, 3.63) is 64.8 Å². The van der Waals surface area contributed by atoms with Crippen molar-refractivity contribution in [2.24, 2.45) is 0 Å². The third kappa shape index (κ3) is 3.76. The molecule has 1 amide bonds. The average molecular weight is 400 g/mol. The molecule has 136 valence electrons. The third-order valence-corrected chi connectivity index (χ3v) is 4.94. The first-order valence-electron chi connectivity index (χ1n) is 8.05. The monoisotopic (exact) mass is 399 g/mol. The Morgan fingerprint density at radius 1 is 1.37 bits per heavy atom. The van der Waals surface area contributed by atoms with Gasteiger partial charge in [0.15, 0.2) is 0 Å². The van der Waals surface area contributed by atoms with E-state index in [4.69, 9.17) is 16.0 Å². The van der Waals surface area contributed by atoms with Crippen LogP contribution >= 0.6 is 22.9 Å². The molecule has 7 nitrogen and oxygen atoms in total. The molecule has 0 spiro atoms. The van der Waals surface area contributed by atoms with E-state index in [1.165, 1.54) is 17.7 Å². The van der Waals surface area contributed by atoms with Gasteiger partial charge in [0.2, 0.25) is 11.8 Å². The van der Waals surface area contributed by atoms with Crippen LogP contribution < -0.4 is 5.32 Å². The summed E-state index contributed by atoms with van der Waals surface area (Å²) in [6.07, 6.45) is 3.06. The molecule has 9 heteroatoms. The fourth-order valence-electron chi connectivity index (χ4n) is 2.58. The number of oxazole rings is 1. The van der Waals surface area contributed by atoms with Gasteiger partial charge >= 0.3 is 0 Å². The highest BCUT2D eigenvalue weighted by atomic mass is 35.5. The Bertz CT molecular complexity index is 1070. The molecule has 0 saturated heterocycles. The predicted molar refractivity (Wildman–Crippen MR) is 103 cm³/mol. The minimum atomic E-state index is -0.229. The third-order valence-electron chi connectivity index (χ3n) is 3.85. The summed E-state index contributed by atoms with van der Waals surface area (Å²) >= 11 is 7.62. The quantitative estimate of drug-likeness (QED) is 0.545. The number of rotatable bonds is 5. The molecule has 4 rings (SSSR count). The second kappa shape index (κ2) is 7.34. The molecular formula is C18H14ClN5O2S. The van der Waals surface area contributed by atoms with Crippen LogP contribution in [0.3, 0.4) is 0 Å². The van der Waals surface area contributed by atoms with Crippen LogP contribution in [0.2, 0.25) is 5.02 Å². The number of amides is 1. The standard InChI is InChI=1S/C18H14ClN5O2S/c1-11-13(23-18(26-11)16-3-2-6-27-16)8-17(25)22-14-7-12(19)4-5-15(14)24-10-20-9-21-24/h2-7,9-10H,8H2,1H3,(H,22,25). The van der Waals surface area contributed by atoms with Crippen LogP contribution in [0.4, 0.5) is 5.69 Å². The summed E-state index contributed by atoms with van der Waals surface area (Å²) in [4.78, 5) is 21.9. The fraction of sp³-hybridized carbons (Fsp3) is 0.111. The number of carbonyl (C=O) groups is 1. The van der Waals surface area contributed by atoms with E-state index >= 15 is 0 Å². The Morgan fingerprint density at radius 3 is 3.00 bits per heavy atom. The van der Waals surface area contributed by atoms with E-state index in [0.717, 1.165) is 4.88 Å². The molecule has 3 aromatic heterocycles. The van der Waals surface area contributed by atoms with Crippen molar-refractivity contribution < 1.29 is 9.21 Å². The number of aryl methyl sites for hydroxylation is 1. The Labute approximate surface area is 163 Å². The second-order valence-electron chi connectivity index (χ2n) is 5.73. The van der Waals surface area contributed by atoms with Gasteiger partial charge in [-0.15, -0.1) is 11.3 Å². The van der Waals surface area contributed by atoms with Gasteiger partial charge in [0, 0.05) is 5.02 Å². The molecular weight excluding hydrogens is 386 g/mol. The average Bonchev–Trinajstić information content (AvgIpc) is 3.37. The summed E-state index contributed by atoms with van der Waals surface area (Å²) in [7, 11) is 0. The van der Waals surface area contributed by atoms with E-state index < -0.39 is 0 Å². The number of hydrogen-bond donors (Lipinski definition) is 1. The minimum Gasteiger partial charge on any atom is -0.440 e. The summed E-state index contributed by atoms with van der Waals surface area (Å²) in [6.45, 7) is 1.80.